The first kappa shape index (κ1) is 13.9. The first-order valence-corrected chi connectivity index (χ1v) is 6.28. The molecule has 6 heteroatoms. The minimum absolute atomic E-state index is 0.304. The van der Waals surface area contributed by atoms with Crippen LogP contribution < -0.4 is 10.6 Å². The zero-order valence-electron chi connectivity index (χ0n) is 11.5. The van der Waals surface area contributed by atoms with Gasteiger partial charge in [0.1, 0.15) is 5.76 Å². The van der Waals surface area contributed by atoms with Gasteiger partial charge in [-0.05, 0) is 25.1 Å². The Labute approximate surface area is 117 Å². The molecule has 0 atom stereocenters. The van der Waals surface area contributed by atoms with Crippen molar-refractivity contribution in [3.05, 3.63) is 42.0 Å². The van der Waals surface area contributed by atoms with Crippen molar-refractivity contribution in [2.75, 3.05) is 24.3 Å². The van der Waals surface area contributed by atoms with Gasteiger partial charge in [-0.3, -0.25) is 0 Å². The number of carbonyl (C=O) groups is 1. The fourth-order valence-electron chi connectivity index (χ4n) is 1.86. The summed E-state index contributed by atoms with van der Waals surface area (Å²) in [6, 6.07) is 5.23. The fourth-order valence-corrected chi connectivity index (χ4v) is 1.86. The van der Waals surface area contributed by atoms with Crippen molar-refractivity contribution >= 4 is 17.5 Å². The molecule has 0 saturated heterocycles. The largest absolute Gasteiger partial charge is 0.467 e. The van der Waals surface area contributed by atoms with E-state index in [2.05, 4.69) is 4.98 Å². The van der Waals surface area contributed by atoms with Crippen LogP contribution in [-0.2, 0) is 11.3 Å². The number of anilines is 2. The third kappa shape index (κ3) is 2.90. The van der Waals surface area contributed by atoms with Crippen LogP contribution >= 0.6 is 0 Å². The summed E-state index contributed by atoms with van der Waals surface area (Å²) < 4.78 is 10.2. The van der Waals surface area contributed by atoms with Crippen LogP contribution in [-0.4, -0.2) is 24.6 Å². The minimum Gasteiger partial charge on any atom is -0.467 e. The van der Waals surface area contributed by atoms with Gasteiger partial charge < -0.3 is 19.8 Å². The van der Waals surface area contributed by atoms with E-state index in [9.17, 15) is 4.79 Å². The Balaban J connectivity index is 2.23. The normalized spacial score (nSPS) is 10.3. The topological polar surface area (TPSA) is 81.6 Å². The Morgan fingerprint density at radius 1 is 1.50 bits per heavy atom. The highest BCUT2D eigenvalue weighted by Crippen LogP contribution is 2.25. The number of furan rings is 1. The van der Waals surface area contributed by atoms with Crippen LogP contribution in [0.15, 0.2) is 35.1 Å². The summed E-state index contributed by atoms with van der Waals surface area (Å²) in [7, 11) is 1.83. The average Bonchev–Trinajstić information content (AvgIpc) is 2.92. The zero-order valence-corrected chi connectivity index (χ0v) is 11.5. The molecule has 20 heavy (non-hydrogen) atoms. The molecular formula is C14H17N3O3. The van der Waals surface area contributed by atoms with Crippen molar-refractivity contribution < 1.29 is 13.9 Å². The summed E-state index contributed by atoms with van der Waals surface area (Å²) in [4.78, 5) is 17.8. The summed E-state index contributed by atoms with van der Waals surface area (Å²) >= 11 is 0. The van der Waals surface area contributed by atoms with Crippen LogP contribution in [0.4, 0.5) is 11.5 Å². The van der Waals surface area contributed by atoms with E-state index in [0.717, 1.165) is 5.76 Å². The van der Waals surface area contributed by atoms with Gasteiger partial charge in [0.25, 0.3) is 0 Å². The van der Waals surface area contributed by atoms with E-state index < -0.39 is 5.97 Å². The Hall–Kier alpha value is -2.50. The molecule has 0 bridgehead atoms. The molecule has 0 amide bonds. The van der Waals surface area contributed by atoms with Crippen LogP contribution in [0.3, 0.4) is 0 Å². The lowest BCUT2D eigenvalue weighted by molar-refractivity contribution is 0.0527. The van der Waals surface area contributed by atoms with Crippen molar-refractivity contribution in [2.45, 2.75) is 13.5 Å². The van der Waals surface area contributed by atoms with E-state index >= 15 is 0 Å². The molecule has 0 aliphatic carbocycles. The Bertz CT molecular complexity index is 581. The van der Waals surface area contributed by atoms with E-state index in [0.29, 0.717) is 30.2 Å². The summed E-state index contributed by atoms with van der Waals surface area (Å²) in [6.45, 7) is 2.56. The standard InChI is InChI=1S/C14H17N3O3/c1-3-19-14(18)11-6-7-16-13(12(11)15)17(2)9-10-5-4-8-20-10/h4-8H,3,9,15H2,1-2H3. The van der Waals surface area contributed by atoms with E-state index in [1.54, 1.807) is 19.3 Å². The summed E-state index contributed by atoms with van der Waals surface area (Å²) in [5.41, 5.74) is 6.64. The number of ether oxygens (including phenoxy) is 1. The molecule has 2 rings (SSSR count). The molecule has 0 aliphatic rings. The van der Waals surface area contributed by atoms with Crippen LogP contribution in [0, 0.1) is 0 Å². The molecule has 2 aromatic heterocycles. The minimum atomic E-state index is -0.444. The summed E-state index contributed by atoms with van der Waals surface area (Å²) in [5, 5.41) is 0. The second-order valence-electron chi connectivity index (χ2n) is 4.25. The molecule has 0 spiro atoms. The number of nitrogen functional groups attached to an aromatic ring is 1. The third-order valence-corrected chi connectivity index (χ3v) is 2.80. The van der Waals surface area contributed by atoms with Crippen molar-refractivity contribution in [1.82, 2.24) is 4.98 Å². The summed E-state index contributed by atoms with van der Waals surface area (Å²) in [5.74, 6) is 0.863. The maximum absolute atomic E-state index is 11.8. The SMILES string of the molecule is CCOC(=O)c1ccnc(N(C)Cc2ccco2)c1N. The molecule has 2 N–H and O–H groups in total. The number of rotatable bonds is 5. The van der Waals surface area contributed by atoms with Crippen LogP contribution in [0.5, 0.6) is 0 Å². The highest BCUT2D eigenvalue weighted by Gasteiger charge is 2.17. The molecule has 0 aliphatic heterocycles. The van der Waals surface area contributed by atoms with Gasteiger partial charge in [0.15, 0.2) is 5.82 Å². The number of hydrogen-bond acceptors (Lipinski definition) is 6. The monoisotopic (exact) mass is 275 g/mol. The molecule has 0 fully saturated rings. The molecule has 0 radical (unpaired) electrons. The van der Waals surface area contributed by atoms with Crippen LogP contribution in [0.1, 0.15) is 23.0 Å². The van der Waals surface area contributed by atoms with Gasteiger partial charge in [-0.1, -0.05) is 0 Å². The number of nitrogens with two attached hydrogens (primary N) is 1. The number of nitrogens with zero attached hydrogens (tertiary/aromatic N) is 2. The average molecular weight is 275 g/mol. The number of pyridine rings is 1. The van der Waals surface area contributed by atoms with Gasteiger partial charge in [-0.15, -0.1) is 0 Å². The lowest BCUT2D eigenvalue weighted by Crippen LogP contribution is -2.20. The van der Waals surface area contributed by atoms with Gasteiger partial charge in [0, 0.05) is 13.2 Å². The number of hydrogen-bond donors (Lipinski definition) is 1. The van der Waals surface area contributed by atoms with Gasteiger partial charge in [0.2, 0.25) is 0 Å². The van der Waals surface area contributed by atoms with E-state index in [-0.39, 0.29) is 0 Å². The Morgan fingerprint density at radius 2 is 2.30 bits per heavy atom. The van der Waals surface area contributed by atoms with Gasteiger partial charge in [0.05, 0.1) is 30.7 Å². The van der Waals surface area contributed by atoms with E-state index in [1.165, 1.54) is 6.20 Å². The van der Waals surface area contributed by atoms with Gasteiger partial charge >= 0.3 is 5.97 Å². The quantitative estimate of drug-likeness (QED) is 0.841. The van der Waals surface area contributed by atoms with Crippen molar-refractivity contribution in [2.24, 2.45) is 0 Å². The second-order valence-corrected chi connectivity index (χ2v) is 4.25. The molecule has 106 valence electrons. The summed E-state index contributed by atoms with van der Waals surface area (Å²) in [6.07, 6.45) is 3.14. The molecule has 0 aromatic carbocycles. The highest BCUT2D eigenvalue weighted by molar-refractivity contribution is 5.97. The molecule has 0 unspecified atom stereocenters. The number of aromatic nitrogens is 1. The maximum atomic E-state index is 11.8. The Kier molecular flexibility index (Phi) is 4.24. The predicted molar refractivity (Wildman–Crippen MR) is 75.4 cm³/mol. The first-order chi connectivity index (χ1) is 9.63. The highest BCUT2D eigenvalue weighted by atomic mass is 16.5. The maximum Gasteiger partial charge on any atom is 0.340 e. The fraction of sp³-hybridized carbons (Fsp3) is 0.286. The van der Waals surface area contributed by atoms with E-state index in [1.807, 2.05) is 24.1 Å². The smallest absolute Gasteiger partial charge is 0.340 e. The van der Waals surface area contributed by atoms with Gasteiger partial charge in [-0.2, -0.15) is 0 Å². The lowest BCUT2D eigenvalue weighted by Gasteiger charge is -2.19. The van der Waals surface area contributed by atoms with Crippen molar-refractivity contribution in [1.29, 1.82) is 0 Å². The van der Waals surface area contributed by atoms with E-state index in [4.69, 9.17) is 14.9 Å². The number of carbonyl (C=O) groups excluding carboxylic acids is 1. The molecule has 0 saturated carbocycles. The Morgan fingerprint density at radius 3 is 2.95 bits per heavy atom. The first-order valence-electron chi connectivity index (χ1n) is 6.28. The molecule has 6 nitrogen and oxygen atoms in total. The van der Waals surface area contributed by atoms with Crippen molar-refractivity contribution in [3.8, 4) is 0 Å². The van der Waals surface area contributed by atoms with Gasteiger partial charge in [-0.25, -0.2) is 9.78 Å². The number of esters is 1. The lowest BCUT2D eigenvalue weighted by atomic mass is 10.2. The van der Waals surface area contributed by atoms with Crippen LogP contribution in [0.25, 0.3) is 0 Å². The molecular weight excluding hydrogens is 258 g/mol. The van der Waals surface area contributed by atoms with Crippen molar-refractivity contribution in [3.63, 3.8) is 0 Å². The zero-order chi connectivity index (χ0) is 14.5. The molecule has 2 heterocycles. The van der Waals surface area contributed by atoms with Crippen LogP contribution in [0.2, 0.25) is 0 Å². The third-order valence-electron chi connectivity index (χ3n) is 2.80. The molecule has 2 aromatic rings. The second kappa shape index (κ2) is 6.10. The predicted octanol–water partition coefficient (Wildman–Crippen LogP) is 2.07.